The number of hydrogen-bond donors (Lipinski definition) is 1. The molecule has 3 nitrogen and oxygen atoms in total. The molecular formula is C25H24Br2N2O. The van der Waals surface area contributed by atoms with E-state index in [9.17, 15) is 4.79 Å². The van der Waals surface area contributed by atoms with Crippen LogP contribution in [0, 0.1) is 0 Å². The van der Waals surface area contributed by atoms with Gasteiger partial charge in [0.05, 0.1) is 6.54 Å². The van der Waals surface area contributed by atoms with Crippen LogP contribution in [0.2, 0.25) is 0 Å². The van der Waals surface area contributed by atoms with Crippen LogP contribution in [0.5, 0.6) is 0 Å². The molecule has 4 rings (SSSR count). The van der Waals surface area contributed by atoms with Gasteiger partial charge in [-0.3, -0.25) is 9.69 Å². The van der Waals surface area contributed by atoms with Gasteiger partial charge in [0, 0.05) is 27.6 Å². The molecule has 1 N–H and O–H groups in total. The largest absolute Gasteiger partial charge is 0.350 e. The number of amides is 1. The van der Waals surface area contributed by atoms with Crippen molar-refractivity contribution in [3.63, 3.8) is 0 Å². The minimum Gasteiger partial charge on any atom is -0.350 e. The van der Waals surface area contributed by atoms with E-state index in [1.165, 1.54) is 16.7 Å². The first-order valence-electron chi connectivity index (χ1n) is 10.1. The zero-order valence-corrected chi connectivity index (χ0v) is 19.8. The Hall–Kier alpha value is -1.95. The fourth-order valence-electron chi connectivity index (χ4n) is 4.09. The lowest BCUT2D eigenvalue weighted by Gasteiger charge is -2.42. The highest BCUT2D eigenvalue weighted by Crippen LogP contribution is 2.23. The van der Waals surface area contributed by atoms with Crippen LogP contribution < -0.4 is 5.32 Å². The maximum Gasteiger partial charge on any atom is 0.234 e. The summed E-state index contributed by atoms with van der Waals surface area (Å²) in [7, 11) is 0. The average Bonchev–Trinajstić information content (AvgIpc) is 2.74. The molecule has 0 saturated carbocycles. The van der Waals surface area contributed by atoms with Gasteiger partial charge in [-0.1, -0.05) is 86.5 Å². The van der Waals surface area contributed by atoms with E-state index in [4.69, 9.17) is 0 Å². The summed E-state index contributed by atoms with van der Waals surface area (Å²) < 4.78 is 2.15. The van der Waals surface area contributed by atoms with Gasteiger partial charge in [-0.05, 0) is 53.8 Å². The number of carbonyl (C=O) groups is 1. The Kier molecular flexibility index (Phi) is 7.03. The Labute approximate surface area is 194 Å². The summed E-state index contributed by atoms with van der Waals surface area (Å²) in [5, 5.41) is 3.28. The van der Waals surface area contributed by atoms with E-state index in [-0.39, 0.29) is 18.0 Å². The predicted octanol–water partition coefficient (Wildman–Crippen LogP) is 5.37. The molecule has 3 aromatic rings. The highest BCUT2D eigenvalue weighted by Gasteiger charge is 2.35. The van der Waals surface area contributed by atoms with E-state index in [2.05, 4.69) is 115 Å². The van der Waals surface area contributed by atoms with Crippen LogP contribution in [-0.4, -0.2) is 29.4 Å². The molecule has 1 saturated heterocycles. The van der Waals surface area contributed by atoms with Crippen LogP contribution in [0.1, 0.15) is 16.7 Å². The van der Waals surface area contributed by atoms with E-state index in [1.54, 1.807) is 0 Å². The van der Waals surface area contributed by atoms with Gasteiger partial charge in [-0.25, -0.2) is 0 Å². The van der Waals surface area contributed by atoms with Crippen molar-refractivity contribution in [2.45, 2.75) is 31.5 Å². The minimum atomic E-state index is 0.0554. The van der Waals surface area contributed by atoms with Crippen molar-refractivity contribution in [2.24, 2.45) is 0 Å². The van der Waals surface area contributed by atoms with Gasteiger partial charge in [-0.2, -0.15) is 0 Å². The van der Waals surface area contributed by atoms with Crippen molar-refractivity contribution in [2.75, 3.05) is 6.54 Å². The van der Waals surface area contributed by atoms with Crippen molar-refractivity contribution < 1.29 is 4.79 Å². The van der Waals surface area contributed by atoms with Gasteiger partial charge in [0.2, 0.25) is 5.91 Å². The van der Waals surface area contributed by atoms with Gasteiger partial charge in [0.1, 0.15) is 0 Å². The van der Waals surface area contributed by atoms with Crippen molar-refractivity contribution >= 4 is 37.8 Å². The number of benzene rings is 3. The third kappa shape index (κ3) is 5.60. The SMILES string of the molecule is O=C1CN(Cc2ccccc2)[C@@H](Cc2ccc(Br)cc2)[C@@H](Cc2ccc(Br)cc2)N1. The minimum absolute atomic E-state index is 0.0554. The zero-order chi connectivity index (χ0) is 20.9. The molecule has 0 unspecified atom stereocenters. The predicted molar refractivity (Wildman–Crippen MR) is 128 cm³/mol. The summed E-state index contributed by atoms with van der Waals surface area (Å²) >= 11 is 7.03. The second-order valence-corrected chi connectivity index (χ2v) is 9.62. The second-order valence-electron chi connectivity index (χ2n) is 7.79. The molecule has 3 aromatic carbocycles. The summed E-state index contributed by atoms with van der Waals surface area (Å²) in [5.74, 6) is 0.0973. The van der Waals surface area contributed by atoms with Crippen LogP contribution >= 0.6 is 31.9 Å². The van der Waals surface area contributed by atoms with E-state index in [0.29, 0.717) is 6.54 Å². The molecule has 0 aliphatic carbocycles. The standard InChI is InChI=1S/C25H24Br2N2O/c26-21-10-6-18(7-11-21)14-23-24(15-19-8-12-22(27)13-9-19)29(17-25(30)28-23)16-20-4-2-1-3-5-20/h1-13,23-24H,14-17H2,(H,28,30)/t23-,24+/m1/s1. The number of carbonyl (C=O) groups excluding carboxylic acids is 1. The number of nitrogens with one attached hydrogen (secondary N) is 1. The third-order valence-electron chi connectivity index (χ3n) is 5.58. The molecule has 2 atom stereocenters. The first-order chi connectivity index (χ1) is 14.6. The lowest BCUT2D eigenvalue weighted by molar-refractivity contribution is -0.127. The second kappa shape index (κ2) is 9.90. The van der Waals surface area contributed by atoms with Crippen LogP contribution in [0.3, 0.4) is 0 Å². The highest BCUT2D eigenvalue weighted by molar-refractivity contribution is 9.10. The molecule has 1 amide bonds. The van der Waals surface area contributed by atoms with Gasteiger partial charge < -0.3 is 5.32 Å². The molecule has 0 radical (unpaired) electrons. The van der Waals surface area contributed by atoms with Crippen molar-refractivity contribution in [1.82, 2.24) is 10.2 Å². The quantitative estimate of drug-likeness (QED) is 0.467. The zero-order valence-electron chi connectivity index (χ0n) is 16.6. The molecule has 1 aliphatic heterocycles. The molecule has 1 fully saturated rings. The number of halogens is 2. The summed E-state index contributed by atoms with van der Waals surface area (Å²) in [6.45, 7) is 1.19. The van der Waals surface area contributed by atoms with Gasteiger partial charge in [0.15, 0.2) is 0 Å². The molecule has 1 aliphatic rings. The molecule has 0 spiro atoms. The maximum absolute atomic E-state index is 12.6. The Balaban J connectivity index is 1.61. The van der Waals surface area contributed by atoms with Gasteiger partial charge >= 0.3 is 0 Å². The normalized spacial score (nSPS) is 19.5. The summed E-state index contributed by atoms with van der Waals surface area (Å²) in [4.78, 5) is 14.9. The van der Waals surface area contributed by atoms with Gasteiger partial charge in [0.25, 0.3) is 0 Å². The van der Waals surface area contributed by atoms with Gasteiger partial charge in [-0.15, -0.1) is 0 Å². The number of piperazine rings is 1. The third-order valence-corrected chi connectivity index (χ3v) is 6.64. The lowest BCUT2D eigenvalue weighted by Crippen LogP contribution is -2.61. The lowest BCUT2D eigenvalue weighted by atomic mass is 9.90. The molecular weight excluding hydrogens is 504 g/mol. The fraction of sp³-hybridized carbons (Fsp3) is 0.240. The monoisotopic (exact) mass is 526 g/mol. The number of nitrogens with zero attached hydrogens (tertiary/aromatic N) is 1. The number of hydrogen-bond acceptors (Lipinski definition) is 2. The average molecular weight is 528 g/mol. The maximum atomic E-state index is 12.6. The Morgan fingerprint density at radius 2 is 1.33 bits per heavy atom. The van der Waals surface area contributed by atoms with E-state index in [1.807, 2.05) is 6.07 Å². The van der Waals surface area contributed by atoms with Crippen molar-refractivity contribution in [3.8, 4) is 0 Å². The molecule has 0 bridgehead atoms. The van der Waals surface area contributed by atoms with Crippen LogP contribution in [-0.2, 0) is 24.2 Å². The van der Waals surface area contributed by atoms with Crippen molar-refractivity contribution in [3.05, 3.63) is 104 Å². The first kappa shape index (κ1) is 21.3. The number of rotatable bonds is 6. The molecule has 5 heteroatoms. The highest BCUT2D eigenvalue weighted by atomic mass is 79.9. The Morgan fingerprint density at radius 1 is 0.767 bits per heavy atom. The molecule has 154 valence electrons. The Bertz CT molecular complexity index is 974. The topological polar surface area (TPSA) is 32.3 Å². The van der Waals surface area contributed by atoms with E-state index >= 15 is 0 Å². The van der Waals surface area contributed by atoms with Crippen LogP contribution in [0.15, 0.2) is 87.8 Å². The molecule has 1 heterocycles. The summed E-state index contributed by atoms with van der Waals surface area (Å²) in [6, 6.07) is 27.6. The van der Waals surface area contributed by atoms with E-state index < -0.39 is 0 Å². The van der Waals surface area contributed by atoms with Crippen LogP contribution in [0.25, 0.3) is 0 Å². The van der Waals surface area contributed by atoms with E-state index in [0.717, 1.165) is 28.3 Å². The smallest absolute Gasteiger partial charge is 0.234 e. The van der Waals surface area contributed by atoms with Crippen molar-refractivity contribution in [1.29, 1.82) is 0 Å². The molecule has 0 aromatic heterocycles. The van der Waals surface area contributed by atoms with Crippen LogP contribution in [0.4, 0.5) is 0 Å². The summed E-state index contributed by atoms with van der Waals surface area (Å²) in [6.07, 6.45) is 1.70. The Morgan fingerprint density at radius 3 is 1.93 bits per heavy atom. The summed E-state index contributed by atoms with van der Waals surface area (Å²) in [5.41, 5.74) is 3.74. The first-order valence-corrected chi connectivity index (χ1v) is 11.7. The molecule has 30 heavy (non-hydrogen) atoms. The fourth-order valence-corrected chi connectivity index (χ4v) is 4.62.